The van der Waals surface area contributed by atoms with Crippen LogP contribution >= 0.6 is 0 Å². The number of carbonyl (C=O) groups excluding carboxylic acids is 4. The Hall–Kier alpha value is -1.69. The predicted octanol–water partition coefficient (Wildman–Crippen LogP) is 0.461. The van der Waals surface area contributed by atoms with Gasteiger partial charge in [-0.3, -0.25) is 19.2 Å². The van der Waals surface area contributed by atoms with Crippen LogP contribution in [0.3, 0.4) is 0 Å². The minimum absolute atomic E-state index is 0.648. The second-order valence-electron chi connectivity index (χ2n) is 4.44. The molecule has 0 bridgehead atoms. The summed E-state index contributed by atoms with van der Waals surface area (Å²) < 4.78 is 20.2. The van der Waals surface area contributed by atoms with Crippen LogP contribution in [0.1, 0.15) is 27.7 Å². The lowest BCUT2D eigenvalue weighted by molar-refractivity contribution is -0.147. The van der Waals surface area contributed by atoms with Crippen LogP contribution in [0.5, 0.6) is 0 Å². The zero-order valence-electron chi connectivity index (χ0n) is 12.3. The predicted molar refractivity (Wildman–Crippen MR) is 70.3 cm³/mol. The quantitative estimate of drug-likeness (QED) is 0.672. The van der Waals surface area contributed by atoms with Gasteiger partial charge in [0.1, 0.15) is 0 Å². The summed E-state index contributed by atoms with van der Waals surface area (Å²) >= 11 is 0. The van der Waals surface area contributed by atoms with Crippen LogP contribution in [0.4, 0.5) is 0 Å². The molecule has 0 heterocycles. The minimum Gasteiger partial charge on any atom is -0.509 e. The van der Waals surface area contributed by atoms with Crippen molar-refractivity contribution in [2.75, 3.05) is 0 Å². The molecule has 0 rings (SSSR count). The molecule has 0 aromatic heterocycles. The topological polar surface area (TPSA) is 105 Å². The molecular formula is C10H18O8Si2. The third-order valence-corrected chi connectivity index (χ3v) is 11.6. The van der Waals surface area contributed by atoms with Crippen molar-refractivity contribution in [1.29, 1.82) is 0 Å². The maximum absolute atomic E-state index is 11.3. The van der Waals surface area contributed by atoms with Crippen molar-refractivity contribution in [2.24, 2.45) is 0 Å². The molecule has 0 aromatic rings. The smallest absolute Gasteiger partial charge is 0.509 e. The van der Waals surface area contributed by atoms with E-state index in [4.69, 9.17) is 17.7 Å². The van der Waals surface area contributed by atoms with Gasteiger partial charge in [0, 0.05) is 27.7 Å². The molecule has 0 saturated carbocycles. The van der Waals surface area contributed by atoms with Crippen molar-refractivity contribution in [2.45, 2.75) is 40.8 Å². The second kappa shape index (κ2) is 6.65. The van der Waals surface area contributed by atoms with E-state index >= 15 is 0 Å². The van der Waals surface area contributed by atoms with Crippen LogP contribution < -0.4 is 0 Å². The molecule has 114 valence electrons. The molecule has 0 radical (unpaired) electrons. The van der Waals surface area contributed by atoms with Crippen LogP contribution in [0, 0.1) is 0 Å². The molecular weight excluding hydrogens is 304 g/mol. The fourth-order valence-corrected chi connectivity index (χ4v) is 8.57. The van der Waals surface area contributed by atoms with E-state index in [1.165, 1.54) is 13.1 Å². The first-order valence-electron chi connectivity index (χ1n) is 5.70. The second-order valence-corrected chi connectivity index (χ2v) is 14.8. The largest absolute Gasteiger partial charge is 0.711 e. The molecule has 20 heavy (non-hydrogen) atoms. The SMILES string of the molecule is CC(=O)O[Si](C)(C)[Si](OC(C)=O)(OC(C)=O)OC(C)=O. The summed E-state index contributed by atoms with van der Waals surface area (Å²) in [7, 11) is -7.40. The summed E-state index contributed by atoms with van der Waals surface area (Å²) in [5.41, 5.74) is 0. The lowest BCUT2D eigenvalue weighted by Crippen LogP contribution is -2.69. The van der Waals surface area contributed by atoms with Gasteiger partial charge < -0.3 is 17.7 Å². The van der Waals surface area contributed by atoms with Crippen molar-refractivity contribution >= 4 is 40.0 Å². The van der Waals surface area contributed by atoms with E-state index in [1.54, 1.807) is 0 Å². The van der Waals surface area contributed by atoms with Crippen molar-refractivity contribution in [3.05, 3.63) is 0 Å². The highest BCUT2D eigenvalue weighted by Gasteiger charge is 2.70. The summed E-state index contributed by atoms with van der Waals surface area (Å²) in [6.07, 6.45) is 0. The molecule has 0 amide bonds. The molecule has 8 nitrogen and oxygen atoms in total. The molecule has 0 aliphatic carbocycles. The molecule has 0 unspecified atom stereocenters. The molecule has 0 atom stereocenters. The third-order valence-electron chi connectivity index (χ3n) is 1.97. The maximum atomic E-state index is 11.3. The van der Waals surface area contributed by atoms with E-state index in [9.17, 15) is 19.2 Å². The molecule has 0 fully saturated rings. The first-order valence-corrected chi connectivity index (χ1v) is 11.3. The highest BCUT2D eigenvalue weighted by atomic mass is 29.3. The third kappa shape index (κ3) is 5.13. The van der Waals surface area contributed by atoms with E-state index < -0.39 is 40.0 Å². The molecule has 0 spiro atoms. The Morgan fingerprint density at radius 3 is 1.05 bits per heavy atom. The summed E-state index contributed by atoms with van der Waals surface area (Å²) in [6.45, 7) is 7.32. The lowest BCUT2D eigenvalue weighted by atomic mass is 10.9. The van der Waals surface area contributed by atoms with Gasteiger partial charge in [-0.1, -0.05) is 0 Å². The highest BCUT2D eigenvalue weighted by molar-refractivity contribution is 7.32. The zero-order valence-corrected chi connectivity index (χ0v) is 14.3. The Morgan fingerprint density at radius 2 is 0.850 bits per heavy atom. The molecule has 0 N–H and O–H groups in total. The zero-order chi connectivity index (χ0) is 16.1. The number of hydrogen-bond acceptors (Lipinski definition) is 8. The van der Waals surface area contributed by atoms with Crippen LogP contribution in [-0.4, -0.2) is 40.0 Å². The van der Waals surface area contributed by atoms with Gasteiger partial charge in [-0.15, -0.1) is 0 Å². The number of rotatable bonds is 5. The van der Waals surface area contributed by atoms with E-state index in [0.29, 0.717) is 0 Å². The van der Waals surface area contributed by atoms with E-state index in [-0.39, 0.29) is 0 Å². The Labute approximate surface area is 118 Å². The van der Waals surface area contributed by atoms with Gasteiger partial charge in [-0.25, -0.2) is 0 Å². The molecule has 0 saturated heterocycles. The van der Waals surface area contributed by atoms with E-state index in [0.717, 1.165) is 27.7 Å². The Kier molecular flexibility index (Phi) is 6.09. The number of hydrogen-bond donors (Lipinski definition) is 0. The van der Waals surface area contributed by atoms with Gasteiger partial charge >= 0.3 is 16.2 Å². The summed E-state index contributed by atoms with van der Waals surface area (Å²) in [4.78, 5) is 45.0. The number of carbonyl (C=O) groups is 4. The minimum atomic E-state index is -4.13. The van der Waals surface area contributed by atoms with Crippen LogP contribution in [-0.2, 0) is 36.9 Å². The fraction of sp³-hybridized carbons (Fsp3) is 0.600. The highest BCUT2D eigenvalue weighted by Crippen LogP contribution is 2.25. The van der Waals surface area contributed by atoms with Crippen molar-refractivity contribution in [3.63, 3.8) is 0 Å². The van der Waals surface area contributed by atoms with Gasteiger partial charge in [0.25, 0.3) is 23.9 Å². The Morgan fingerprint density at radius 1 is 0.600 bits per heavy atom. The lowest BCUT2D eigenvalue weighted by Gasteiger charge is -2.35. The van der Waals surface area contributed by atoms with Crippen molar-refractivity contribution < 1.29 is 36.9 Å². The molecule has 10 heteroatoms. The average molecular weight is 322 g/mol. The van der Waals surface area contributed by atoms with Gasteiger partial charge in [0.15, 0.2) is 0 Å². The van der Waals surface area contributed by atoms with Gasteiger partial charge in [-0.05, 0) is 13.1 Å². The first kappa shape index (κ1) is 18.3. The maximum Gasteiger partial charge on any atom is 0.711 e. The Bertz CT molecular complexity index is 390. The summed E-state index contributed by atoms with van der Waals surface area (Å²) in [5.74, 6) is -3.05. The molecule has 0 aliphatic heterocycles. The Balaban J connectivity index is 5.78. The van der Waals surface area contributed by atoms with Crippen molar-refractivity contribution in [3.8, 4) is 0 Å². The fourth-order valence-electron chi connectivity index (χ4n) is 1.42. The standard InChI is InChI=1S/C10H18O8Si2/c1-7(11)15-19(5,6)20(16-8(2)12,17-9(3)13)18-10(4)14/h1-6H3. The van der Waals surface area contributed by atoms with Gasteiger partial charge in [0.2, 0.25) is 0 Å². The van der Waals surface area contributed by atoms with E-state index in [1.807, 2.05) is 0 Å². The van der Waals surface area contributed by atoms with Gasteiger partial charge in [0.05, 0.1) is 0 Å². The monoisotopic (exact) mass is 322 g/mol. The first-order chi connectivity index (χ1) is 8.92. The summed E-state index contributed by atoms with van der Waals surface area (Å²) in [5, 5.41) is 0. The summed E-state index contributed by atoms with van der Waals surface area (Å²) in [6, 6.07) is 0. The average Bonchev–Trinajstić information content (AvgIpc) is 2.10. The molecule has 0 aromatic carbocycles. The van der Waals surface area contributed by atoms with E-state index in [2.05, 4.69) is 0 Å². The molecule has 0 aliphatic rings. The van der Waals surface area contributed by atoms with Crippen LogP contribution in [0.2, 0.25) is 13.1 Å². The van der Waals surface area contributed by atoms with Crippen LogP contribution in [0.25, 0.3) is 0 Å². The van der Waals surface area contributed by atoms with Crippen LogP contribution in [0.15, 0.2) is 0 Å². The normalized spacial score (nSPS) is 11.3. The van der Waals surface area contributed by atoms with Crippen molar-refractivity contribution in [1.82, 2.24) is 0 Å². The van der Waals surface area contributed by atoms with Gasteiger partial charge in [-0.2, -0.15) is 0 Å².